The summed E-state index contributed by atoms with van der Waals surface area (Å²) in [6.45, 7) is 3.93. The number of hydrogen-bond donors (Lipinski definition) is 1. The van der Waals surface area contributed by atoms with E-state index in [0.717, 1.165) is 31.5 Å². The van der Waals surface area contributed by atoms with Crippen LogP contribution in [0.2, 0.25) is 0 Å². The number of piperidine rings is 1. The predicted molar refractivity (Wildman–Crippen MR) is 66.9 cm³/mol. The van der Waals surface area contributed by atoms with E-state index in [9.17, 15) is 4.79 Å². The smallest absolute Gasteiger partial charge is 0.254 e. The minimum Gasteiger partial charge on any atom is -0.338 e. The Balaban J connectivity index is 1.97. The molecule has 0 saturated carbocycles. The van der Waals surface area contributed by atoms with Gasteiger partial charge in [-0.2, -0.15) is 11.3 Å². The Hall–Kier alpha value is -0.870. The molecule has 0 atom stereocenters. The molecule has 0 bridgehead atoms. The fraction of sp³-hybridized carbons (Fsp3) is 0.583. The number of amides is 1. The first kappa shape index (κ1) is 11.6. The Morgan fingerprint density at radius 1 is 1.50 bits per heavy atom. The molecular formula is C12H18N2OS. The number of nitrogens with one attached hydrogen (secondary N) is 1. The zero-order valence-electron chi connectivity index (χ0n) is 9.82. The second kappa shape index (κ2) is 4.55. The van der Waals surface area contributed by atoms with Crippen molar-refractivity contribution < 1.29 is 4.79 Å². The SMILES string of the molecule is CNC1(C)CCN(C(=O)c2ccsc2)CC1. The van der Waals surface area contributed by atoms with Gasteiger partial charge in [0, 0.05) is 24.0 Å². The van der Waals surface area contributed by atoms with Crippen LogP contribution in [0.3, 0.4) is 0 Å². The highest BCUT2D eigenvalue weighted by atomic mass is 32.1. The van der Waals surface area contributed by atoms with Gasteiger partial charge in [-0.1, -0.05) is 0 Å². The number of likely N-dealkylation sites (tertiary alicyclic amines) is 1. The topological polar surface area (TPSA) is 32.3 Å². The van der Waals surface area contributed by atoms with Gasteiger partial charge in [-0.15, -0.1) is 0 Å². The standard InChI is InChI=1S/C12H18N2OS/c1-12(13-2)4-6-14(7-5-12)11(15)10-3-8-16-9-10/h3,8-9,13H,4-7H2,1-2H3. The quantitative estimate of drug-likeness (QED) is 0.854. The Bertz CT molecular complexity index is 353. The van der Waals surface area contributed by atoms with Crippen molar-refractivity contribution in [3.63, 3.8) is 0 Å². The lowest BCUT2D eigenvalue weighted by atomic mass is 9.90. The molecule has 0 aromatic carbocycles. The molecule has 0 spiro atoms. The summed E-state index contributed by atoms with van der Waals surface area (Å²) in [6.07, 6.45) is 2.05. The van der Waals surface area contributed by atoms with Crippen molar-refractivity contribution in [2.45, 2.75) is 25.3 Å². The first-order valence-electron chi connectivity index (χ1n) is 5.65. The Morgan fingerprint density at radius 2 is 2.19 bits per heavy atom. The van der Waals surface area contributed by atoms with E-state index in [1.807, 2.05) is 28.8 Å². The van der Waals surface area contributed by atoms with E-state index < -0.39 is 0 Å². The summed E-state index contributed by atoms with van der Waals surface area (Å²) in [5.74, 6) is 0.180. The highest BCUT2D eigenvalue weighted by Gasteiger charge is 2.30. The lowest BCUT2D eigenvalue weighted by molar-refractivity contribution is 0.0662. The van der Waals surface area contributed by atoms with E-state index in [1.165, 1.54) is 0 Å². The highest BCUT2D eigenvalue weighted by molar-refractivity contribution is 7.08. The molecule has 16 heavy (non-hydrogen) atoms. The number of rotatable bonds is 2. The van der Waals surface area contributed by atoms with Crippen LogP contribution in [0.4, 0.5) is 0 Å². The van der Waals surface area contributed by atoms with Crippen molar-refractivity contribution in [2.75, 3.05) is 20.1 Å². The minimum atomic E-state index is 0.180. The number of hydrogen-bond acceptors (Lipinski definition) is 3. The van der Waals surface area contributed by atoms with E-state index in [0.29, 0.717) is 0 Å². The maximum Gasteiger partial charge on any atom is 0.254 e. The van der Waals surface area contributed by atoms with E-state index in [2.05, 4.69) is 12.2 Å². The molecule has 0 unspecified atom stereocenters. The van der Waals surface area contributed by atoms with Crippen LogP contribution in [-0.4, -0.2) is 36.5 Å². The van der Waals surface area contributed by atoms with Crippen LogP contribution in [0.5, 0.6) is 0 Å². The fourth-order valence-corrected chi connectivity index (χ4v) is 2.65. The second-order valence-electron chi connectivity index (χ2n) is 4.61. The summed E-state index contributed by atoms with van der Waals surface area (Å²) in [6, 6.07) is 1.90. The van der Waals surface area contributed by atoms with Crippen LogP contribution in [0, 0.1) is 0 Å². The highest BCUT2D eigenvalue weighted by Crippen LogP contribution is 2.22. The maximum atomic E-state index is 12.1. The molecule has 2 rings (SSSR count). The molecule has 1 aliphatic heterocycles. The third-order valence-electron chi connectivity index (χ3n) is 3.53. The van der Waals surface area contributed by atoms with E-state index in [4.69, 9.17) is 0 Å². The van der Waals surface area contributed by atoms with Gasteiger partial charge in [0.1, 0.15) is 0 Å². The Morgan fingerprint density at radius 3 is 2.69 bits per heavy atom. The lowest BCUT2D eigenvalue weighted by Crippen LogP contribution is -2.51. The molecule has 1 N–H and O–H groups in total. The largest absolute Gasteiger partial charge is 0.338 e. The molecule has 88 valence electrons. The van der Waals surface area contributed by atoms with Crippen LogP contribution < -0.4 is 5.32 Å². The maximum absolute atomic E-state index is 12.1. The summed E-state index contributed by atoms with van der Waals surface area (Å²) in [5.41, 5.74) is 1.03. The number of nitrogens with zero attached hydrogens (tertiary/aromatic N) is 1. The van der Waals surface area contributed by atoms with Crippen LogP contribution in [-0.2, 0) is 0 Å². The lowest BCUT2D eigenvalue weighted by Gasteiger charge is -2.39. The molecule has 1 aromatic heterocycles. The summed E-state index contributed by atoms with van der Waals surface area (Å²) >= 11 is 1.58. The van der Waals surface area contributed by atoms with Crippen molar-refractivity contribution in [1.29, 1.82) is 0 Å². The van der Waals surface area contributed by atoms with E-state index in [1.54, 1.807) is 11.3 Å². The van der Waals surface area contributed by atoms with Crippen LogP contribution >= 0.6 is 11.3 Å². The van der Waals surface area contributed by atoms with Gasteiger partial charge in [0.05, 0.1) is 5.56 Å². The van der Waals surface area contributed by atoms with Crippen molar-refractivity contribution in [3.8, 4) is 0 Å². The Kier molecular flexibility index (Phi) is 3.30. The summed E-state index contributed by atoms with van der Waals surface area (Å²) in [7, 11) is 2.00. The van der Waals surface area contributed by atoms with Crippen molar-refractivity contribution in [3.05, 3.63) is 22.4 Å². The zero-order chi connectivity index (χ0) is 11.6. The molecule has 2 heterocycles. The van der Waals surface area contributed by atoms with Gasteiger partial charge in [-0.05, 0) is 38.3 Å². The van der Waals surface area contributed by atoms with Gasteiger partial charge < -0.3 is 10.2 Å². The van der Waals surface area contributed by atoms with E-state index >= 15 is 0 Å². The van der Waals surface area contributed by atoms with E-state index in [-0.39, 0.29) is 11.4 Å². The molecule has 1 aromatic rings. The number of carbonyl (C=O) groups is 1. The van der Waals surface area contributed by atoms with Gasteiger partial charge in [0.2, 0.25) is 0 Å². The van der Waals surface area contributed by atoms with Crippen LogP contribution in [0.15, 0.2) is 16.8 Å². The third kappa shape index (κ3) is 2.28. The first-order valence-corrected chi connectivity index (χ1v) is 6.59. The van der Waals surface area contributed by atoms with Gasteiger partial charge >= 0.3 is 0 Å². The zero-order valence-corrected chi connectivity index (χ0v) is 10.6. The number of thiophene rings is 1. The second-order valence-corrected chi connectivity index (χ2v) is 5.39. The molecule has 4 heteroatoms. The van der Waals surface area contributed by atoms with Crippen LogP contribution in [0.25, 0.3) is 0 Å². The van der Waals surface area contributed by atoms with Crippen LogP contribution in [0.1, 0.15) is 30.1 Å². The average molecular weight is 238 g/mol. The van der Waals surface area contributed by atoms with Crippen molar-refractivity contribution in [2.24, 2.45) is 0 Å². The minimum absolute atomic E-state index is 0.180. The van der Waals surface area contributed by atoms with Gasteiger partial charge in [0.15, 0.2) is 0 Å². The summed E-state index contributed by atoms with van der Waals surface area (Å²) in [4.78, 5) is 14.0. The predicted octanol–water partition coefficient (Wildman–Crippen LogP) is 1.96. The molecule has 3 nitrogen and oxygen atoms in total. The first-order chi connectivity index (χ1) is 7.64. The molecular weight excluding hydrogens is 220 g/mol. The molecule has 1 amide bonds. The number of carbonyl (C=O) groups excluding carboxylic acids is 1. The fourth-order valence-electron chi connectivity index (χ4n) is 2.02. The molecule has 1 fully saturated rings. The monoisotopic (exact) mass is 238 g/mol. The average Bonchev–Trinajstić information content (AvgIpc) is 2.83. The molecule has 0 radical (unpaired) electrons. The molecule has 1 saturated heterocycles. The third-order valence-corrected chi connectivity index (χ3v) is 4.21. The summed E-state index contributed by atoms with van der Waals surface area (Å²) < 4.78 is 0. The normalized spacial score (nSPS) is 19.8. The summed E-state index contributed by atoms with van der Waals surface area (Å²) in [5, 5.41) is 7.22. The van der Waals surface area contributed by atoms with Gasteiger partial charge in [-0.3, -0.25) is 4.79 Å². The molecule has 1 aliphatic rings. The van der Waals surface area contributed by atoms with Gasteiger partial charge in [-0.25, -0.2) is 0 Å². The molecule has 0 aliphatic carbocycles. The Labute approximate surface area is 100 Å². The van der Waals surface area contributed by atoms with Gasteiger partial charge in [0.25, 0.3) is 5.91 Å². The van der Waals surface area contributed by atoms with Crippen molar-refractivity contribution in [1.82, 2.24) is 10.2 Å². The van der Waals surface area contributed by atoms with Crippen molar-refractivity contribution >= 4 is 17.2 Å².